The summed E-state index contributed by atoms with van der Waals surface area (Å²) in [4.78, 5) is 28.6. The molecule has 6 heteroatoms. The van der Waals surface area contributed by atoms with Gasteiger partial charge in [0.1, 0.15) is 6.04 Å². The van der Waals surface area contributed by atoms with E-state index in [1.54, 1.807) is 0 Å². The normalized spacial score (nSPS) is 30.8. The van der Waals surface area contributed by atoms with E-state index in [1.165, 1.54) is 19.3 Å². The van der Waals surface area contributed by atoms with Crippen LogP contribution in [-0.4, -0.2) is 59.1 Å². The molecule has 3 heterocycles. The number of para-hydroxylation sites is 1. The van der Waals surface area contributed by atoms with Crippen LogP contribution >= 0.6 is 0 Å². The lowest BCUT2D eigenvalue weighted by Gasteiger charge is -2.45. The zero-order valence-corrected chi connectivity index (χ0v) is 15.7. The van der Waals surface area contributed by atoms with Gasteiger partial charge in [-0.25, -0.2) is 0 Å². The Bertz CT molecular complexity index is 669. The van der Waals surface area contributed by atoms with Crippen LogP contribution in [0.2, 0.25) is 0 Å². The van der Waals surface area contributed by atoms with E-state index in [-0.39, 0.29) is 18.5 Å². The number of aliphatic carboxylic acids is 1. The number of carbonyl (C=O) groups is 2. The highest BCUT2D eigenvalue weighted by atomic mass is 16.4. The molecule has 2 N–H and O–H groups in total. The lowest BCUT2D eigenvalue weighted by Crippen LogP contribution is -2.57. The molecule has 146 valence electrons. The number of nitrogens with one attached hydrogen (secondary N) is 1. The van der Waals surface area contributed by atoms with Crippen LogP contribution in [0.15, 0.2) is 30.3 Å². The molecule has 1 amide bonds. The van der Waals surface area contributed by atoms with Crippen molar-refractivity contribution in [3.05, 3.63) is 30.3 Å². The molecule has 3 atom stereocenters. The lowest BCUT2D eigenvalue weighted by atomic mass is 9.83. The maximum atomic E-state index is 13.4. The summed E-state index contributed by atoms with van der Waals surface area (Å²) in [5, 5.41) is 13.1. The number of anilines is 1. The second-order valence-electron chi connectivity index (χ2n) is 8.18. The smallest absolute Gasteiger partial charge is 0.320 e. The number of piperidine rings is 2. The Kier molecular flexibility index (Phi) is 5.45. The molecule has 0 aromatic heterocycles. The SMILES string of the molecule is O=C(O)C1CCCN1CC(=O)N(c1ccccc1)C1CC2CCCC(C1)N2. The molecule has 3 aliphatic rings. The fourth-order valence-corrected chi connectivity index (χ4v) is 5.14. The van der Waals surface area contributed by atoms with Crippen molar-refractivity contribution in [2.24, 2.45) is 0 Å². The molecule has 6 nitrogen and oxygen atoms in total. The van der Waals surface area contributed by atoms with Crippen molar-refractivity contribution in [1.82, 2.24) is 10.2 Å². The van der Waals surface area contributed by atoms with Crippen molar-refractivity contribution in [2.75, 3.05) is 18.0 Å². The van der Waals surface area contributed by atoms with Gasteiger partial charge in [0.25, 0.3) is 0 Å². The highest BCUT2D eigenvalue weighted by Gasteiger charge is 2.38. The third-order valence-corrected chi connectivity index (χ3v) is 6.35. The van der Waals surface area contributed by atoms with Gasteiger partial charge in [0.15, 0.2) is 0 Å². The number of carboxylic acid groups (broad SMARTS) is 1. The maximum Gasteiger partial charge on any atom is 0.320 e. The summed E-state index contributed by atoms with van der Waals surface area (Å²) in [5.41, 5.74) is 0.929. The summed E-state index contributed by atoms with van der Waals surface area (Å²) >= 11 is 0. The van der Waals surface area contributed by atoms with Gasteiger partial charge >= 0.3 is 5.97 Å². The van der Waals surface area contributed by atoms with Crippen molar-refractivity contribution in [2.45, 2.75) is 69.1 Å². The van der Waals surface area contributed by atoms with Gasteiger partial charge in [-0.2, -0.15) is 0 Å². The topological polar surface area (TPSA) is 72.9 Å². The van der Waals surface area contributed by atoms with Crippen LogP contribution in [0.4, 0.5) is 5.69 Å². The highest BCUT2D eigenvalue weighted by molar-refractivity contribution is 5.95. The summed E-state index contributed by atoms with van der Waals surface area (Å²) in [6.45, 7) is 0.869. The molecular weight excluding hydrogens is 342 g/mol. The van der Waals surface area contributed by atoms with Gasteiger partial charge in [-0.15, -0.1) is 0 Å². The molecular formula is C21H29N3O3. The van der Waals surface area contributed by atoms with E-state index in [1.807, 2.05) is 40.1 Å². The molecule has 3 fully saturated rings. The fraction of sp³-hybridized carbons (Fsp3) is 0.619. The van der Waals surface area contributed by atoms with Crippen LogP contribution in [0.5, 0.6) is 0 Å². The predicted molar refractivity (Wildman–Crippen MR) is 104 cm³/mol. The number of rotatable bonds is 5. The quantitative estimate of drug-likeness (QED) is 0.831. The molecule has 3 aliphatic heterocycles. The van der Waals surface area contributed by atoms with Crippen molar-refractivity contribution in [3.8, 4) is 0 Å². The van der Waals surface area contributed by atoms with Crippen LogP contribution in [0.1, 0.15) is 44.9 Å². The molecule has 3 unspecified atom stereocenters. The number of hydrogen-bond acceptors (Lipinski definition) is 4. The van der Waals surface area contributed by atoms with Gasteiger partial charge in [-0.1, -0.05) is 24.6 Å². The maximum absolute atomic E-state index is 13.4. The van der Waals surface area contributed by atoms with E-state index in [0.29, 0.717) is 25.0 Å². The number of fused-ring (bicyclic) bond motifs is 2. The van der Waals surface area contributed by atoms with E-state index in [9.17, 15) is 14.7 Å². The van der Waals surface area contributed by atoms with Gasteiger partial charge in [0, 0.05) is 23.8 Å². The molecule has 0 saturated carbocycles. The monoisotopic (exact) mass is 371 g/mol. The average Bonchev–Trinajstić information content (AvgIpc) is 3.11. The number of hydrogen-bond donors (Lipinski definition) is 2. The van der Waals surface area contributed by atoms with Crippen LogP contribution in [0, 0.1) is 0 Å². The van der Waals surface area contributed by atoms with Crippen LogP contribution in [0.25, 0.3) is 0 Å². The van der Waals surface area contributed by atoms with Crippen molar-refractivity contribution >= 4 is 17.6 Å². The second kappa shape index (κ2) is 7.98. The predicted octanol–water partition coefficient (Wildman–Crippen LogP) is 2.24. The Morgan fingerprint density at radius 2 is 1.78 bits per heavy atom. The first-order chi connectivity index (χ1) is 13.1. The number of amides is 1. The summed E-state index contributed by atoms with van der Waals surface area (Å²) in [5.74, 6) is -0.790. The van der Waals surface area contributed by atoms with Gasteiger partial charge < -0.3 is 15.3 Å². The number of likely N-dealkylation sites (tertiary alicyclic amines) is 1. The largest absolute Gasteiger partial charge is 0.480 e. The van der Waals surface area contributed by atoms with Gasteiger partial charge in [0.2, 0.25) is 5.91 Å². The number of benzene rings is 1. The van der Waals surface area contributed by atoms with E-state index in [4.69, 9.17) is 0 Å². The van der Waals surface area contributed by atoms with E-state index in [2.05, 4.69) is 5.32 Å². The minimum absolute atomic E-state index is 0.0272. The Morgan fingerprint density at radius 3 is 2.44 bits per heavy atom. The lowest BCUT2D eigenvalue weighted by molar-refractivity contribution is -0.142. The van der Waals surface area contributed by atoms with Gasteiger partial charge in [-0.05, 0) is 57.2 Å². The Morgan fingerprint density at radius 1 is 1.07 bits per heavy atom. The first-order valence-electron chi connectivity index (χ1n) is 10.2. The minimum atomic E-state index is -0.817. The average molecular weight is 371 g/mol. The van der Waals surface area contributed by atoms with Crippen molar-refractivity contribution in [3.63, 3.8) is 0 Å². The summed E-state index contributed by atoms with van der Waals surface area (Å²) < 4.78 is 0. The van der Waals surface area contributed by atoms with Crippen LogP contribution in [0.3, 0.4) is 0 Å². The third-order valence-electron chi connectivity index (χ3n) is 6.35. The highest BCUT2D eigenvalue weighted by Crippen LogP contribution is 2.32. The van der Waals surface area contributed by atoms with Crippen molar-refractivity contribution < 1.29 is 14.7 Å². The number of carboxylic acids is 1. The van der Waals surface area contributed by atoms with Crippen LogP contribution in [-0.2, 0) is 9.59 Å². The Balaban J connectivity index is 1.55. The summed E-state index contributed by atoms with van der Waals surface area (Å²) in [6.07, 6.45) is 7.04. The molecule has 0 aliphatic carbocycles. The number of carbonyl (C=O) groups excluding carboxylic acids is 1. The first-order valence-corrected chi connectivity index (χ1v) is 10.2. The Hall–Kier alpha value is -1.92. The summed E-state index contributed by atoms with van der Waals surface area (Å²) in [7, 11) is 0. The zero-order valence-electron chi connectivity index (χ0n) is 15.7. The fourth-order valence-electron chi connectivity index (χ4n) is 5.14. The molecule has 0 radical (unpaired) electrons. The molecule has 4 rings (SSSR count). The zero-order chi connectivity index (χ0) is 18.8. The first kappa shape index (κ1) is 18.4. The standard InChI is InChI=1S/C21H29N3O3/c25-20(14-23-11-5-10-19(23)21(26)27)24(17-8-2-1-3-9-17)18-12-15-6-4-7-16(13-18)22-15/h1-3,8-9,15-16,18-19,22H,4-7,10-14H2,(H,26,27). The van der Waals surface area contributed by atoms with Gasteiger partial charge in [-0.3, -0.25) is 14.5 Å². The van der Waals surface area contributed by atoms with E-state index < -0.39 is 12.0 Å². The molecule has 0 spiro atoms. The Labute approximate surface area is 160 Å². The molecule has 1 aromatic rings. The van der Waals surface area contributed by atoms with E-state index >= 15 is 0 Å². The van der Waals surface area contributed by atoms with Gasteiger partial charge in [0.05, 0.1) is 6.54 Å². The third kappa shape index (κ3) is 4.01. The van der Waals surface area contributed by atoms with Crippen LogP contribution < -0.4 is 10.2 Å². The summed E-state index contributed by atoms with van der Waals surface area (Å²) in [6, 6.07) is 10.5. The molecule has 2 bridgehead atoms. The molecule has 1 aromatic carbocycles. The number of nitrogens with zero attached hydrogens (tertiary/aromatic N) is 2. The second-order valence-corrected chi connectivity index (χ2v) is 8.18. The van der Waals surface area contributed by atoms with Crippen molar-refractivity contribution in [1.29, 1.82) is 0 Å². The molecule has 27 heavy (non-hydrogen) atoms. The minimum Gasteiger partial charge on any atom is -0.480 e. The van der Waals surface area contributed by atoms with E-state index in [0.717, 1.165) is 24.9 Å². The molecule has 3 saturated heterocycles.